The van der Waals surface area contributed by atoms with E-state index in [0.29, 0.717) is 23.2 Å². The molecule has 0 saturated heterocycles. The quantitative estimate of drug-likeness (QED) is 0.588. The Morgan fingerprint density at radius 3 is 2.64 bits per heavy atom. The monoisotopic (exact) mass is 339 g/mol. The Morgan fingerprint density at radius 1 is 1.28 bits per heavy atom. The first-order valence-corrected chi connectivity index (χ1v) is 8.49. The van der Waals surface area contributed by atoms with Crippen LogP contribution in [0.15, 0.2) is 55.4 Å². The Balaban J connectivity index is 2.11. The molecule has 132 valence electrons. The normalized spacial score (nSPS) is 21.2. The fourth-order valence-electron chi connectivity index (χ4n) is 3.00. The minimum atomic E-state index is -1.01. The molecule has 1 aliphatic carbocycles. The molecule has 0 unspecified atom stereocenters. The maximum atomic E-state index is 10.6. The van der Waals surface area contributed by atoms with Crippen molar-refractivity contribution in [3.63, 3.8) is 0 Å². The molecular weight excluding hydrogens is 314 g/mol. The molecule has 3 N–H and O–H groups in total. The highest BCUT2D eigenvalue weighted by Gasteiger charge is 2.19. The first-order chi connectivity index (χ1) is 12.0. The standard InChI is InChI=1S/C20H25N3O2/c1-3-16(10-14(2)4-9-20(24)25)19-13-22-12-18(23-19)11-15-5-7-17(21)8-6-15/h3-4,9-10,12-13,15,17H,1-2,5-8,11,21H2,(H,24,25)/b9-4+,16-10+. The van der Waals surface area contributed by atoms with E-state index in [1.54, 1.807) is 24.5 Å². The summed E-state index contributed by atoms with van der Waals surface area (Å²) < 4.78 is 0. The SMILES string of the molecule is C=C/C(=C\C(=C)/C=C/C(=O)O)c1cncc(CC2CCC(N)CC2)n1. The van der Waals surface area contributed by atoms with Crippen molar-refractivity contribution in [3.8, 4) is 0 Å². The lowest BCUT2D eigenvalue weighted by atomic mass is 9.84. The fourth-order valence-corrected chi connectivity index (χ4v) is 3.00. The first kappa shape index (κ1) is 18.8. The zero-order chi connectivity index (χ0) is 18.2. The molecular formula is C20H25N3O2. The van der Waals surface area contributed by atoms with E-state index in [0.717, 1.165) is 49.4 Å². The Labute approximate surface area is 148 Å². The molecule has 0 aliphatic heterocycles. The van der Waals surface area contributed by atoms with Crippen LogP contribution in [-0.4, -0.2) is 27.1 Å². The van der Waals surface area contributed by atoms with E-state index in [1.807, 2.05) is 0 Å². The predicted octanol–water partition coefficient (Wildman–Crippen LogP) is 3.30. The van der Waals surface area contributed by atoms with Crippen molar-refractivity contribution >= 4 is 11.5 Å². The summed E-state index contributed by atoms with van der Waals surface area (Å²) >= 11 is 0. The topological polar surface area (TPSA) is 89.1 Å². The van der Waals surface area contributed by atoms with Gasteiger partial charge < -0.3 is 10.8 Å². The molecule has 25 heavy (non-hydrogen) atoms. The summed E-state index contributed by atoms with van der Waals surface area (Å²) in [6.07, 6.45) is 14.7. The molecule has 5 heteroatoms. The summed E-state index contributed by atoms with van der Waals surface area (Å²) in [5, 5.41) is 8.68. The summed E-state index contributed by atoms with van der Waals surface area (Å²) in [5.41, 5.74) is 8.96. The molecule has 0 aromatic carbocycles. The first-order valence-electron chi connectivity index (χ1n) is 8.49. The van der Waals surface area contributed by atoms with Crippen LogP contribution in [0.1, 0.15) is 37.1 Å². The van der Waals surface area contributed by atoms with Crippen LogP contribution < -0.4 is 5.73 Å². The Kier molecular flexibility index (Phi) is 6.83. The number of allylic oxidation sites excluding steroid dienone is 5. The molecule has 0 atom stereocenters. The average molecular weight is 339 g/mol. The van der Waals surface area contributed by atoms with Crippen LogP contribution in [0.2, 0.25) is 0 Å². The van der Waals surface area contributed by atoms with E-state index in [1.165, 1.54) is 6.08 Å². The Morgan fingerprint density at radius 2 is 2.00 bits per heavy atom. The van der Waals surface area contributed by atoms with Gasteiger partial charge in [-0.25, -0.2) is 9.78 Å². The van der Waals surface area contributed by atoms with E-state index in [-0.39, 0.29) is 0 Å². The van der Waals surface area contributed by atoms with Gasteiger partial charge in [0.2, 0.25) is 0 Å². The Hall–Kier alpha value is -2.53. The zero-order valence-electron chi connectivity index (χ0n) is 14.4. The second-order valence-corrected chi connectivity index (χ2v) is 6.43. The lowest BCUT2D eigenvalue weighted by Crippen LogP contribution is -2.27. The summed E-state index contributed by atoms with van der Waals surface area (Å²) in [6, 6.07) is 0.342. The van der Waals surface area contributed by atoms with Crippen LogP contribution >= 0.6 is 0 Å². The minimum absolute atomic E-state index is 0.342. The van der Waals surface area contributed by atoms with Gasteiger partial charge in [0.25, 0.3) is 0 Å². The maximum absolute atomic E-state index is 10.6. The van der Waals surface area contributed by atoms with E-state index in [2.05, 4.69) is 18.1 Å². The van der Waals surface area contributed by atoms with Gasteiger partial charge in [0.05, 0.1) is 17.6 Å². The van der Waals surface area contributed by atoms with Crippen molar-refractivity contribution < 1.29 is 9.90 Å². The number of carbonyl (C=O) groups is 1. The lowest BCUT2D eigenvalue weighted by Gasteiger charge is -2.25. The van der Waals surface area contributed by atoms with E-state index < -0.39 is 5.97 Å². The van der Waals surface area contributed by atoms with E-state index in [9.17, 15) is 4.79 Å². The molecule has 1 aromatic heterocycles. The largest absolute Gasteiger partial charge is 0.478 e. The number of carboxylic acid groups (broad SMARTS) is 1. The summed E-state index contributed by atoms with van der Waals surface area (Å²) in [7, 11) is 0. The average Bonchev–Trinajstić information content (AvgIpc) is 2.60. The molecule has 1 aliphatic rings. The van der Waals surface area contributed by atoms with Gasteiger partial charge in [-0.1, -0.05) is 19.2 Å². The third kappa shape index (κ3) is 6.12. The lowest BCUT2D eigenvalue weighted by molar-refractivity contribution is -0.131. The number of nitrogens with two attached hydrogens (primary N) is 1. The highest BCUT2D eigenvalue weighted by molar-refractivity contribution is 5.81. The molecule has 1 saturated carbocycles. The highest BCUT2D eigenvalue weighted by atomic mass is 16.4. The van der Waals surface area contributed by atoms with Gasteiger partial charge in [-0.15, -0.1) is 0 Å². The summed E-state index contributed by atoms with van der Waals surface area (Å²) in [4.78, 5) is 19.6. The van der Waals surface area contributed by atoms with E-state index in [4.69, 9.17) is 15.8 Å². The highest BCUT2D eigenvalue weighted by Crippen LogP contribution is 2.26. The number of rotatable bonds is 7. The van der Waals surface area contributed by atoms with Crippen LogP contribution in [0.3, 0.4) is 0 Å². The van der Waals surface area contributed by atoms with Gasteiger partial charge >= 0.3 is 5.97 Å². The number of carboxylic acids is 1. The van der Waals surface area contributed by atoms with Crippen molar-refractivity contribution in [2.45, 2.75) is 38.1 Å². The number of aromatic nitrogens is 2. The van der Waals surface area contributed by atoms with Gasteiger partial charge in [-0.05, 0) is 55.7 Å². The third-order valence-corrected chi connectivity index (χ3v) is 4.37. The van der Waals surface area contributed by atoms with Crippen LogP contribution in [0.4, 0.5) is 0 Å². The summed E-state index contributed by atoms with van der Waals surface area (Å²) in [6.45, 7) is 7.64. The molecule has 0 amide bonds. The van der Waals surface area contributed by atoms with Gasteiger partial charge in [-0.2, -0.15) is 0 Å². The van der Waals surface area contributed by atoms with Gasteiger partial charge in [0.15, 0.2) is 0 Å². The number of hydrogen-bond donors (Lipinski definition) is 2. The van der Waals surface area contributed by atoms with Crippen molar-refractivity contribution in [3.05, 3.63) is 66.8 Å². The van der Waals surface area contributed by atoms with Crippen LogP contribution in [0.5, 0.6) is 0 Å². The smallest absolute Gasteiger partial charge is 0.328 e. The second-order valence-electron chi connectivity index (χ2n) is 6.43. The van der Waals surface area contributed by atoms with Gasteiger partial charge in [0.1, 0.15) is 0 Å². The molecule has 1 aromatic rings. The molecule has 0 radical (unpaired) electrons. The van der Waals surface area contributed by atoms with Crippen molar-refractivity contribution in [2.75, 3.05) is 0 Å². The minimum Gasteiger partial charge on any atom is -0.478 e. The van der Waals surface area contributed by atoms with Crippen molar-refractivity contribution in [1.82, 2.24) is 9.97 Å². The number of hydrogen-bond acceptors (Lipinski definition) is 4. The van der Waals surface area contributed by atoms with E-state index >= 15 is 0 Å². The summed E-state index contributed by atoms with van der Waals surface area (Å²) in [5.74, 6) is -0.405. The predicted molar refractivity (Wildman–Crippen MR) is 99.8 cm³/mol. The molecule has 0 spiro atoms. The van der Waals surface area contributed by atoms with Crippen LogP contribution in [0, 0.1) is 5.92 Å². The molecule has 1 fully saturated rings. The Bertz CT molecular complexity index is 699. The molecule has 2 rings (SSSR count). The van der Waals surface area contributed by atoms with Crippen molar-refractivity contribution in [2.24, 2.45) is 11.7 Å². The maximum Gasteiger partial charge on any atom is 0.328 e. The fraction of sp³-hybridized carbons (Fsp3) is 0.350. The second kappa shape index (κ2) is 9.08. The van der Waals surface area contributed by atoms with Gasteiger partial charge in [0, 0.05) is 23.9 Å². The third-order valence-electron chi connectivity index (χ3n) is 4.37. The number of aliphatic carboxylic acids is 1. The van der Waals surface area contributed by atoms with Gasteiger partial charge in [-0.3, -0.25) is 4.98 Å². The van der Waals surface area contributed by atoms with Crippen molar-refractivity contribution in [1.29, 1.82) is 0 Å². The number of nitrogens with zero attached hydrogens (tertiary/aromatic N) is 2. The van der Waals surface area contributed by atoms with Crippen LogP contribution in [0.25, 0.3) is 5.57 Å². The van der Waals surface area contributed by atoms with Crippen LogP contribution in [-0.2, 0) is 11.2 Å². The molecule has 1 heterocycles. The zero-order valence-corrected chi connectivity index (χ0v) is 14.4. The molecule has 0 bridgehead atoms. The molecule has 5 nitrogen and oxygen atoms in total.